The highest BCUT2D eigenvalue weighted by molar-refractivity contribution is 8.00. The Labute approximate surface area is 173 Å². The fourth-order valence-corrected chi connectivity index (χ4v) is 3.29. The van der Waals surface area contributed by atoms with E-state index in [0.29, 0.717) is 8.50 Å². The summed E-state index contributed by atoms with van der Waals surface area (Å²) < 4.78 is 11.0. The Morgan fingerprint density at radius 2 is 1.44 bits per heavy atom. The van der Waals surface area contributed by atoms with Gasteiger partial charge in [-0.25, -0.2) is 0 Å². The van der Waals surface area contributed by atoms with Crippen LogP contribution in [0.4, 0.5) is 0 Å². The van der Waals surface area contributed by atoms with E-state index < -0.39 is 0 Å². The van der Waals surface area contributed by atoms with Gasteiger partial charge in [0, 0.05) is 18.0 Å². The third-order valence-corrected chi connectivity index (χ3v) is 4.79. The smallest absolute Gasteiger partial charge is 0.0836 e. The van der Waals surface area contributed by atoms with Gasteiger partial charge in [0.1, 0.15) is 0 Å². The largest absolute Gasteiger partial charge is 0.358 e. The first-order chi connectivity index (χ1) is 13.3. The first kappa shape index (κ1) is 26.6. The topological polar surface area (TPSA) is 18.5 Å². The lowest BCUT2D eigenvalue weighted by Crippen LogP contribution is -2.01. The number of hydrogen-bond donors (Lipinski definition) is 0. The van der Waals surface area contributed by atoms with Crippen molar-refractivity contribution in [3.8, 4) is 0 Å². The van der Waals surface area contributed by atoms with Gasteiger partial charge in [0.25, 0.3) is 0 Å². The minimum absolute atomic E-state index is 0.163. The van der Waals surface area contributed by atoms with E-state index in [1.165, 1.54) is 0 Å². The second kappa shape index (κ2) is 21.9. The minimum atomic E-state index is 0.163. The molecule has 3 unspecified atom stereocenters. The van der Waals surface area contributed by atoms with Gasteiger partial charge in [0.15, 0.2) is 0 Å². The molecule has 0 spiro atoms. The van der Waals surface area contributed by atoms with Crippen molar-refractivity contribution < 1.29 is 9.05 Å². The van der Waals surface area contributed by atoms with Crippen LogP contribution in [0.2, 0.25) is 0 Å². The Balaban J connectivity index is 4.01. The van der Waals surface area contributed by atoms with Crippen LogP contribution in [0, 0.1) is 0 Å². The molecule has 152 valence electrons. The van der Waals surface area contributed by atoms with Crippen LogP contribution in [-0.4, -0.2) is 12.2 Å². The summed E-state index contributed by atoms with van der Waals surface area (Å²) >= 11 is 0. The lowest BCUT2D eigenvalue weighted by Gasteiger charge is -2.09. The number of allylic oxidation sites excluding steroid dienone is 9. The molecule has 0 N–H and O–H groups in total. The molecule has 0 aliphatic rings. The predicted octanol–water partition coefficient (Wildman–Crippen LogP) is 7.65. The maximum Gasteiger partial charge on any atom is 0.0836 e. The molecule has 0 fully saturated rings. The Morgan fingerprint density at radius 1 is 0.815 bits per heavy atom. The first-order valence-corrected chi connectivity index (χ1v) is 12.9. The average Bonchev–Trinajstić information content (AvgIpc) is 2.68. The highest BCUT2D eigenvalue weighted by Gasteiger charge is 2.00. The van der Waals surface area contributed by atoms with Crippen LogP contribution < -0.4 is 0 Å². The maximum atomic E-state index is 5.70. The summed E-state index contributed by atoms with van der Waals surface area (Å²) in [7, 11) is 5.42. The monoisotopic (exact) mass is 426 g/mol. The summed E-state index contributed by atoms with van der Waals surface area (Å²) in [5, 5.41) is 0. The van der Waals surface area contributed by atoms with Crippen molar-refractivity contribution in [3.63, 3.8) is 0 Å². The Bertz CT molecular complexity index is 494. The van der Waals surface area contributed by atoms with E-state index in [1.54, 1.807) is 0 Å². The van der Waals surface area contributed by atoms with E-state index in [4.69, 9.17) is 9.05 Å². The number of rotatable bonds is 16. The molecule has 27 heavy (non-hydrogen) atoms. The zero-order valence-corrected chi connectivity index (χ0v) is 20.1. The van der Waals surface area contributed by atoms with Crippen molar-refractivity contribution in [2.24, 2.45) is 0 Å². The summed E-state index contributed by atoms with van der Waals surface area (Å²) in [6, 6.07) is 0. The molecule has 5 atom stereocenters. The molecule has 0 bridgehead atoms. The molecule has 0 radical (unpaired) electrons. The molecule has 0 saturated heterocycles. The van der Waals surface area contributed by atoms with E-state index >= 15 is 0 Å². The predicted molar refractivity (Wildman–Crippen MR) is 131 cm³/mol. The van der Waals surface area contributed by atoms with Crippen molar-refractivity contribution in [1.82, 2.24) is 0 Å². The Hall–Kier alpha value is -0.350. The summed E-state index contributed by atoms with van der Waals surface area (Å²) in [4.78, 5) is 0. The second-order valence-corrected chi connectivity index (χ2v) is 7.37. The van der Waals surface area contributed by atoms with E-state index in [9.17, 15) is 0 Å². The van der Waals surface area contributed by atoms with E-state index in [2.05, 4.69) is 105 Å². The average molecular weight is 426 g/mol. The quantitative estimate of drug-likeness (QED) is 0.143. The highest BCUT2D eigenvalue weighted by Crippen LogP contribution is 2.25. The second-order valence-electron chi connectivity index (χ2n) is 5.92. The SMILES string of the molecule is CC/C=C\C[C@@H](/C=C/C=C\C/C=C\C/C=C\C=C\[C@@H](CCC)OP)OPP. The third kappa shape index (κ3) is 18.8. The zero-order valence-electron chi connectivity index (χ0n) is 16.8. The van der Waals surface area contributed by atoms with Crippen molar-refractivity contribution in [2.45, 2.75) is 64.6 Å². The molecule has 0 saturated carbocycles. The van der Waals surface area contributed by atoms with Crippen LogP contribution >= 0.6 is 26.9 Å². The molecule has 5 heteroatoms. The summed E-state index contributed by atoms with van der Waals surface area (Å²) in [5.74, 6) is 0. The van der Waals surface area contributed by atoms with Crippen LogP contribution in [-0.2, 0) is 9.05 Å². The lowest BCUT2D eigenvalue weighted by molar-refractivity contribution is 0.279. The Kier molecular flexibility index (Phi) is 21.7. The maximum absolute atomic E-state index is 5.70. The van der Waals surface area contributed by atoms with Gasteiger partial charge in [0.2, 0.25) is 0 Å². The summed E-state index contributed by atoms with van der Waals surface area (Å²) in [5.41, 5.74) is 0. The fourth-order valence-electron chi connectivity index (χ4n) is 2.18. The molecule has 0 aromatic rings. The van der Waals surface area contributed by atoms with E-state index in [-0.39, 0.29) is 12.2 Å². The normalized spacial score (nSPS) is 16.0. The molecule has 0 aliphatic carbocycles. The lowest BCUT2D eigenvalue weighted by atomic mass is 10.2. The molecular weight excluding hydrogens is 389 g/mol. The van der Waals surface area contributed by atoms with Crippen molar-refractivity contribution >= 4 is 26.9 Å². The van der Waals surface area contributed by atoms with Crippen LogP contribution in [0.15, 0.2) is 72.9 Å². The number of hydrogen-bond acceptors (Lipinski definition) is 2. The van der Waals surface area contributed by atoms with E-state index in [0.717, 1.165) is 38.5 Å². The first-order valence-electron chi connectivity index (χ1n) is 9.71. The van der Waals surface area contributed by atoms with Crippen LogP contribution in [0.5, 0.6) is 0 Å². The van der Waals surface area contributed by atoms with Gasteiger partial charge in [-0.15, -0.1) is 0 Å². The van der Waals surface area contributed by atoms with Gasteiger partial charge in [-0.3, -0.25) is 0 Å². The van der Waals surface area contributed by atoms with Gasteiger partial charge in [0.05, 0.1) is 12.2 Å². The highest BCUT2D eigenvalue weighted by atomic mass is 32.0. The molecule has 0 aromatic carbocycles. The van der Waals surface area contributed by atoms with Crippen LogP contribution in [0.3, 0.4) is 0 Å². The van der Waals surface area contributed by atoms with Crippen molar-refractivity contribution in [2.75, 3.05) is 0 Å². The molecule has 2 nitrogen and oxygen atoms in total. The molecule has 0 amide bonds. The summed E-state index contributed by atoms with van der Waals surface area (Å²) in [6.45, 7) is 4.31. The third-order valence-electron chi connectivity index (χ3n) is 3.60. The van der Waals surface area contributed by atoms with Gasteiger partial charge < -0.3 is 9.05 Å². The van der Waals surface area contributed by atoms with Gasteiger partial charge >= 0.3 is 0 Å². The van der Waals surface area contributed by atoms with Crippen molar-refractivity contribution in [1.29, 1.82) is 0 Å². The molecule has 0 rings (SSSR count). The molecule has 0 aliphatic heterocycles. The molecular formula is C22H37O2P3. The standard InChI is InChI=1S/C22H37O2P3/c1-3-5-14-19-22(24-27-26)20-16-13-11-9-7-6-8-10-12-15-18-21(23-25)17-4-2/h5-7,10-16,18,20-22,27H,3-4,8-9,17,19,25-26H2,1-2H3/b7-6-,12-10-,13-11-,14-5-,18-15+,20-16+/t21-,22+/m1/s1. The van der Waals surface area contributed by atoms with Gasteiger partial charge in [-0.2, -0.15) is 0 Å². The molecule has 0 heterocycles. The zero-order chi connectivity index (χ0) is 20.0. The van der Waals surface area contributed by atoms with Crippen LogP contribution in [0.1, 0.15) is 52.4 Å². The Morgan fingerprint density at radius 3 is 1.96 bits per heavy atom. The van der Waals surface area contributed by atoms with Crippen LogP contribution in [0.25, 0.3) is 0 Å². The fraction of sp³-hybridized carbons (Fsp3) is 0.455. The molecule has 0 aromatic heterocycles. The van der Waals surface area contributed by atoms with E-state index in [1.807, 2.05) is 0 Å². The van der Waals surface area contributed by atoms with Gasteiger partial charge in [-0.1, -0.05) is 102 Å². The van der Waals surface area contributed by atoms with Crippen molar-refractivity contribution in [3.05, 3.63) is 72.9 Å². The minimum Gasteiger partial charge on any atom is -0.358 e. The summed E-state index contributed by atoms with van der Waals surface area (Å²) in [6.07, 6.45) is 32.0. The van der Waals surface area contributed by atoms with Gasteiger partial charge in [-0.05, 0) is 32.1 Å².